The first kappa shape index (κ1) is 20.1. The van der Waals surface area contributed by atoms with E-state index in [-0.39, 0.29) is 11.4 Å². The molecule has 0 spiro atoms. The van der Waals surface area contributed by atoms with Crippen molar-refractivity contribution >= 4 is 5.69 Å². The predicted octanol–water partition coefficient (Wildman–Crippen LogP) is 7.67. The van der Waals surface area contributed by atoms with Crippen molar-refractivity contribution in [1.82, 2.24) is 0 Å². The Labute approximate surface area is 198 Å². The van der Waals surface area contributed by atoms with Gasteiger partial charge in [-0.1, -0.05) is 91.0 Å². The van der Waals surface area contributed by atoms with Crippen molar-refractivity contribution < 1.29 is 9.84 Å². The predicted molar refractivity (Wildman–Crippen MR) is 138 cm³/mol. The number of ether oxygens (including phenoxy) is 1. The van der Waals surface area contributed by atoms with E-state index in [0.29, 0.717) is 5.75 Å². The SMILES string of the molecule is Nc1cc(Oc2c(-c3ccccc3)cccc2-c2cccc3c2-c2ccccc2C3)ccc1O. The highest BCUT2D eigenvalue weighted by Gasteiger charge is 2.24. The van der Waals surface area contributed by atoms with Crippen LogP contribution in [-0.2, 0) is 6.42 Å². The van der Waals surface area contributed by atoms with E-state index in [2.05, 4.69) is 72.8 Å². The van der Waals surface area contributed by atoms with E-state index in [4.69, 9.17) is 10.5 Å². The highest BCUT2D eigenvalue weighted by atomic mass is 16.5. The molecule has 0 atom stereocenters. The number of hydrogen-bond acceptors (Lipinski definition) is 3. The molecule has 6 rings (SSSR count). The van der Waals surface area contributed by atoms with E-state index in [1.54, 1.807) is 18.2 Å². The molecule has 5 aromatic rings. The van der Waals surface area contributed by atoms with Crippen molar-refractivity contribution in [2.24, 2.45) is 0 Å². The topological polar surface area (TPSA) is 55.5 Å². The standard InChI is InChI=1S/C31H23NO2/c32-28-19-23(16-17-29(28)33)34-31-25(20-8-2-1-3-9-20)13-7-15-27(31)26-14-6-11-22-18-21-10-4-5-12-24(21)30(22)26/h1-17,19,33H,18,32H2. The summed E-state index contributed by atoms with van der Waals surface area (Å²) in [6.07, 6.45) is 0.933. The summed E-state index contributed by atoms with van der Waals surface area (Å²) in [5, 5.41) is 9.89. The van der Waals surface area contributed by atoms with Crippen molar-refractivity contribution in [3.63, 3.8) is 0 Å². The quantitative estimate of drug-likeness (QED) is 0.218. The summed E-state index contributed by atoms with van der Waals surface area (Å²) in [6, 6.07) is 36.6. The van der Waals surface area contributed by atoms with E-state index < -0.39 is 0 Å². The third-order valence-corrected chi connectivity index (χ3v) is 6.43. The second-order valence-electron chi connectivity index (χ2n) is 8.54. The average molecular weight is 442 g/mol. The summed E-state index contributed by atoms with van der Waals surface area (Å²) in [5.41, 5.74) is 15.7. The zero-order valence-corrected chi connectivity index (χ0v) is 18.5. The second kappa shape index (κ2) is 8.13. The Kier molecular flexibility index (Phi) is 4.81. The number of phenolic OH excluding ortho intramolecular Hbond substituents is 1. The summed E-state index contributed by atoms with van der Waals surface area (Å²) >= 11 is 0. The Hall–Kier alpha value is -4.50. The minimum Gasteiger partial charge on any atom is -0.506 e. The molecule has 0 saturated heterocycles. The minimum absolute atomic E-state index is 0.0430. The number of para-hydroxylation sites is 1. The molecule has 3 heteroatoms. The Bertz CT molecular complexity index is 1520. The summed E-state index contributed by atoms with van der Waals surface area (Å²) in [7, 11) is 0. The number of benzene rings is 5. The van der Waals surface area contributed by atoms with Crippen LogP contribution >= 0.6 is 0 Å². The number of nitrogen functional groups attached to an aromatic ring is 1. The molecule has 0 aromatic heterocycles. The van der Waals surface area contributed by atoms with Gasteiger partial charge in [0.15, 0.2) is 0 Å². The van der Waals surface area contributed by atoms with Crippen molar-refractivity contribution in [1.29, 1.82) is 0 Å². The Balaban J connectivity index is 1.59. The maximum absolute atomic E-state index is 9.89. The number of anilines is 1. The average Bonchev–Trinajstić information content (AvgIpc) is 3.26. The molecule has 0 heterocycles. The molecule has 0 radical (unpaired) electrons. The van der Waals surface area contributed by atoms with Crippen LogP contribution in [-0.4, -0.2) is 5.11 Å². The van der Waals surface area contributed by atoms with Crippen LogP contribution in [0.5, 0.6) is 17.2 Å². The molecular weight excluding hydrogens is 418 g/mol. The van der Waals surface area contributed by atoms with Crippen LogP contribution in [0.15, 0.2) is 109 Å². The molecule has 0 bridgehead atoms. The van der Waals surface area contributed by atoms with Crippen LogP contribution in [0, 0.1) is 0 Å². The van der Waals surface area contributed by atoms with E-state index in [1.807, 2.05) is 18.2 Å². The van der Waals surface area contributed by atoms with Gasteiger partial charge >= 0.3 is 0 Å². The van der Waals surface area contributed by atoms with Crippen molar-refractivity contribution in [3.8, 4) is 50.6 Å². The number of rotatable bonds is 4. The van der Waals surface area contributed by atoms with Gasteiger partial charge < -0.3 is 15.6 Å². The summed E-state index contributed by atoms with van der Waals surface area (Å²) in [4.78, 5) is 0. The van der Waals surface area contributed by atoms with Crippen LogP contribution in [0.2, 0.25) is 0 Å². The number of fused-ring (bicyclic) bond motifs is 3. The first-order valence-electron chi connectivity index (χ1n) is 11.3. The van der Waals surface area contributed by atoms with Crippen LogP contribution in [0.4, 0.5) is 5.69 Å². The lowest BCUT2D eigenvalue weighted by Gasteiger charge is -2.19. The smallest absolute Gasteiger partial charge is 0.143 e. The van der Waals surface area contributed by atoms with Gasteiger partial charge in [0.05, 0.1) is 5.69 Å². The first-order chi connectivity index (χ1) is 16.7. The zero-order chi connectivity index (χ0) is 23.1. The Morgan fingerprint density at radius 1 is 0.618 bits per heavy atom. The molecule has 0 unspecified atom stereocenters. The third kappa shape index (κ3) is 3.39. The lowest BCUT2D eigenvalue weighted by molar-refractivity contribution is 0.468. The fourth-order valence-electron chi connectivity index (χ4n) is 4.83. The van der Waals surface area contributed by atoms with Gasteiger partial charge in [0, 0.05) is 17.2 Å². The summed E-state index contributed by atoms with van der Waals surface area (Å²) < 4.78 is 6.54. The van der Waals surface area contributed by atoms with Crippen molar-refractivity contribution in [2.75, 3.05) is 5.73 Å². The molecule has 1 aliphatic carbocycles. The van der Waals surface area contributed by atoms with Gasteiger partial charge in [0.1, 0.15) is 17.2 Å². The Morgan fingerprint density at radius 2 is 1.29 bits per heavy atom. The first-order valence-corrected chi connectivity index (χ1v) is 11.3. The molecule has 3 N–H and O–H groups in total. The van der Waals surface area contributed by atoms with Crippen LogP contribution in [0.3, 0.4) is 0 Å². The molecule has 0 fully saturated rings. The maximum Gasteiger partial charge on any atom is 0.143 e. The molecule has 0 aliphatic heterocycles. The molecule has 34 heavy (non-hydrogen) atoms. The van der Waals surface area contributed by atoms with E-state index >= 15 is 0 Å². The normalized spacial score (nSPS) is 11.6. The van der Waals surface area contributed by atoms with Crippen molar-refractivity contribution in [3.05, 3.63) is 120 Å². The lowest BCUT2D eigenvalue weighted by atomic mass is 9.91. The monoisotopic (exact) mass is 441 g/mol. The number of nitrogens with two attached hydrogens (primary N) is 1. The van der Waals surface area contributed by atoms with Crippen LogP contribution in [0.1, 0.15) is 11.1 Å². The van der Waals surface area contributed by atoms with Crippen molar-refractivity contribution in [2.45, 2.75) is 6.42 Å². The van der Waals surface area contributed by atoms with Gasteiger partial charge in [-0.2, -0.15) is 0 Å². The molecule has 5 aromatic carbocycles. The lowest BCUT2D eigenvalue weighted by Crippen LogP contribution is -1.95. The highest BCUT2D eigenvalue weighted by molar-refractivity contribution is 5.94. The van der Waals surface area contributed by atoms with Crippen LogP contribution < -0.4 is 10.5 Å². The number of aromatic hydroxyl groups is 1. The van der Waals surface area contributed by atoms with E-state index in [0.717, 1.165) is 34.4 Å². The number of hydrogen-bond donors (Lipinski definition) is 2. The molecule has 0 saturated carbocycles. The van der Waals surface area contributed by atoms with Crippen LogP contribution in [0.25, 0.3) is 33.4 Å². The number of phenols is 1. The maximum atomic E-state index is 9.89. The Morgan fingerprint density at radius 3 is 2.15 bits per heavy atom. The summed E-state index contributed by atoms with van der Waals surface area (Å²) in [5.74, 6) is 1.38. The molecule has 3 nitrogen and oxygen atoms in total. The summed E-state index contributed by atoms with van der Waals surface area (Å²) in [6.45, 7) is 0. The van der Waals surface area contributed by atoms with E-state index in [9.17, 15) is 5.11 Å². The zero-order valence-electron chi connectivity index (χ0n) is 18.5. The largest absolute Gasteiger partial charge is 0.506 e. The van der Waals surface area contributed by atoms with Gasteiger partial charge in [0.25, 0.3) is 0 Å². The molecule has 164 valence electrons. The molecular formula is C31H23NO2. The van der Waals surface area contributed by atoms with E-state index in [1.165, 1.54) is 22.3 Å². The fourth-order valence-corrected chi connectivity index (χ4v) is 4.83. The molecule has 1 aliphatic rings. The highest BCUT2D eigenvalue weighted by Crippen LogP contribution is 2.48. The third-order valence-electron chi connectivity index (χ3n) is 6.43. The molecule has 0 amide bonds. The van der Waals surface area contributed by atoms with Gasteiger partial charge in [-0.15, -0.1) is 0 Å². The van der Waals surface area contributed by atoms with Gasteiger partial charge in [-0.25, -0.2) is 0 Å². The van der Waals surface area contributed by atoms with Gasteiger partial charge in [0.2, 0.25) is 0 Å². The van der Waals surface area contributed by atoms with Gasteiger partial charge in [-0.3, -0.25) is 0 Å². The fraction of sp³-hybridized carbons (Fsp3) is 0.0323. The van der Waals surface area contributed by atoms with Gasteiger partial charge in [-0.05, 0) is 51.9 Å². The second-order valence-corrected chi connectivity index (χ2v) is 8.54. The minimum atomic E-state index is 0.0430.